The molecule has 0 saturated carbocycles. The molecule has 0 spiro atoms. The Morgan fingerprint density at radius 1 is 0.725 bits per heavy atom. The number of hydrogen-bond donors (Lipinski definition) is 0. The average Bonchev–Trinajstić information content (AvgIpc) is 3.33. The Morgan fingerprint density at radius 2 is 1.30 bits per heavy atom. The van der Waals surface area contributed by atoms with Crippen LogP contribution < -0.4 is 9.47 Å². The lowest BCUT2D eigenvalue weighted by Gasteiger charge is -2.19. The van der Waals surface area contributed by atoms with Crippen molar-refractivity contribution in [2.45, 2.75) is 46.6 Å². The van der Waals surface area contributed by atoms with E-state index in [1.54, 1.807) is 39.0 Å². The molecule has 0 aromatic heterocycles. The highest BCUT2D eigenvalue weighted by Crippen LogP contribution is 2.46. The molecule has 0 N–H and O–H groups in total. The monoisotopic (exact) mass is 536 g/mol. The number of rotatable bonds is 8. The fourth-order valence-corrected chi connectivity index (χ4v) is 4.62. The van der Waals surface area contributed by atoms with Crippen LogP contribution in [0.1, 0.15) is 50.0 Å². The minimum Gasteiger partial charge on any atom is -0.454 e. The molecule has 0 bridgehead atoms. The summed E-state index contributed by atoms with van der Waals surface area (Å²) in [5, 5.41) is 0. The summed E-state index contributed by atoms with van der Waals surface area (Å²) in [5.74, 6) is -0.660. The highest BCUT2D eigenvalue weighted by molar-refractivity contribution is 5.90. The first kappa shape index (κ1) is 28.3. The van der Waals surface area contributed by atoms with Crippen LogP contribution in [0, 0.1) is 6.92 Å². The van der Waals surface area contributed by atoms with Crippen LogP contribution in [-0.4, -0.2) is 17.9 Å². The third-order valence-corrected chi connectivity index (χ3v) is 6.71. The topological polar surface area (TPSA) is 78.9 Å². The molecule has 1 unspecified atom stereocenters. The molecule has 1 aliphatic carbocycles. The van der Waals surface area contributed by atoms with E-state index in [9.17, 15) is 14.4 Å². The van der Waals surface area contributed by atoms with Crippen LogP contribution in [0.2, 0.25) is 0 Å². The maximum absolute atomic E-state index is 12.4. The average molecular weight is 537 g/mol. The molecule has 40 heavy (non-hydrogen) atoms. The van der Waals surface area contributed by atoms with Crippen LogP contribution in [0.15, 0.2) is 91.1 Å². The fraction of sp³-hybridized carbons (Fsp3) is 0.206. The molecule has 1 atom stereocenters. The minimum absolute atomic E-state index is 0.278. The zero-order valence-electron chi connectivity index (χ0n) is 23.3. The normalized spacial score (nSPS) is 13.7. The Balaban J connectivity index is 1.69. The number of carbonyl (C=O) groups is 3. The van der Waals surface area contributed by atoms with Crippen LogP contribution in [0.25, 0.3) is 22.3 Å². The smallest absolute Gasteiger partial charge is 0.338 e. The molecule has 204 valence electrons. The van der Waals surface area contributed by atoms with Gasteiger partial charge >= 0.3 is 17.9 Å². The summed E-state index contributed by atoms with van der Waals surface area (Å²) in [4.78, 5) is 36.5. The van der Waals surface area contributed by atoms with Gasteiger partial charge in [0.1, 0.15) is 17.6 Å². The lowest BCUT2D eigenvalue weighted by molar-refractivity contribution is -0.144. The third kappa shape index (κ3) is 5.96. The van der Waals surface area contributed by atoms with Gasteiger partial charge in [-0.3, -0.25) is 0 Å². The SMILES string of the molecule is C=C(C)C(=O)Oc1ccc(-c2ccc(-c3ccc(OC(=O)C(=C)C)c4c3CCC4OC(=O)C(=C)C)c(C)c2)cc1. The van der Waals surface area contributed by atoms with Crippen molar-refractivity contribution in [1.82, 2.24) is 0 Å². The van der Waals surface area contributed by atoms with Gasteiger partial charge in [0.15, 0.2) is 0 Å². The van der Waals surface area contributed by atoms with Crippen LogP contribution in [0.4, 0.5) is 0 Å². The van der Waals surface area contributed by atoms with Gasteiger partial charge in [0.25, 0.3) is 0 Å². The molecule has 0 aliphatic heterocycles. The van der Waals surface area contributed by atoms with Crippen molar-refractivity contribution in [2.75, 3.05) is 0 Å². The van der Waals surface area contributed by atoms with Gasteiger partial charge in [0, 0.05) is 22.3 Å². The zero-order chi connectivity index (χ0) is 29.1. The first-order chi connectivity index (χ1) is 19.0. The molecule has 0 radical (unpaired) electrons. The molecule has 0 saturated heterocycles. The summed E-state index contributed by atoms with van der Waals surface area (Å²) in [6, 6.07) is 17.2. The van der Waals surface area contributed by atoms with E-state index in [1.807, 2.05) is 31.2 Å². The fourth-order valence-electron chi connectivity index (χ4n) is 4.62. The molecule has 1 aliphatic rings. The number of benzene rings is 3. The van der Waals surface area contributed by atoms with Crippen LogP contribution in [0.3, 0.4) is 0 Å². The molecule has 3 aromatic carbocycles. The number of aryl methyl sites for hydroxylation is 1. The highest BCUT2D eigenvalue weighted by Gasteiger charge is 2.33. The largest absolute Gasteiger partial charge is 0.454 e. The number of hydrogen-bond acceptors (Lipinski definition) is 6. The van der Waals surface area contributed by atoms with Gasteiger partial charge in [-0.2, -0.15) is 0 Å². The van der Waals surface area contributed by atoms with Crippen molar-refractivity contribution in [3.63, 3.8) is 0 Å². The summed E-state index contributed by atoms with van der Waals surface area (Å²) in [6.45, 7) is 17.8. The summed E-state index contributed by atoms with van der Waals surface area (Å²) in [5.41, 5.74) is 7.64. The highest BCUT2D eigenvalue weighted by atomic mass is 16.6. The molecular formula is C34H32O6. The first-order valence-corrected chi connectivity index (χ1v) is 12.9. The van der Waals surface area contributed by atoms with Crippen molar-refractivity contribution in [2.24, 2.45) is 0 Å². The molecule has 0 heterocycles. The summed E-state index contributed by atoms with van der Waals surface area (Å²) in [6.07, 6.45) is 0.676. The third-order valence-electron chi connectivity index (χ3n) is 6.71. The quantitative estimate of drug-likeness (QED) is 0.170. The van der Waals surface area contributed by atoms with Crippen molar-refractivity contribution in [3.05, 3.63) is 108 Å². The van der Waals surface area contributed by atoms with Crippen LogP contribution >= 0.6 is 0 Å². The lowest BCUT2D eigenvalue weighted by atomic mass is 9.91. The van der Waals surface area contributed by atoms with E-state index in [4.69, 9.17) is 14.2 Å². The van der Waals surface area contributed by atoms with Gasteiger partial charge in [-0.05, 0) is 92.1 Å². The molecule has 6 nitrogen and oxygen atoms in total. The van der Waals surface area contributed by atoms with E-state index in [-0.39, 0.29) is 5.57 Å². The van der Waals surface area contributed by atoms with E-state index < -0.39 is 24.0 Å². The Morgan fingerprint density at radius 3 is 1.90 bits per heavy atom. The number of carbonyl (C=O) groups excluding carboxylic acids is 3. The Labute approximate surface area is 234 Å². The molecule has 4 rings (SSSR count). The number of esters is 3. The second-order valence-electron chi connectivity index (χ2n) is 10.1. The molecule has 0 amide bonds. The lowest BCUT2D eigenvalue weighted by Crippen LogP contribution is -2.14. The molecule has 3 aromatic rings. The second kappa shape index (κ2) is 11.6. The Bertz CT molecular complexity index is 1560. The van der Waals surface area contributed by atoms with Crippen molar-refractivity contribution in [1.29, 1.82) is 0 Å². The van der Waals surface area contributed by atoms with Gasteiger partial charge in [0.05, 0.1) is 0 Å². The maximum Gasteiger partial charge on any atom is 0.338 e. The van der Waals surface area contributed by atoms with E-state index in [2.05, 4.69) is 31.9 Å². The van der Waals surface area contributed by atoms with Gasteiger partial charge < -0.3 is 14.2 Å². The van der Waals surface area contributed by atoms with E-state index >= 15 is 0 Å². The van der Waals surface area contributed by atoms with Gasteiger partial charge in [-0.1, -0.05) is 56.1 Å². The van der Waals surface area contributed by atoms with E-state index in [0.717, 1.165) is 33.4 Å². The van der Waals surface area contributed by atoms with E-state index in [1.165, 1.54) is 0 Å². The predicted molar refractivity (Wildman–Crippen MR) is 155 cm³/mol. The Kier molecular flexibility index (Phi) is 8.19. The van der Waals surface area contributed by atoms with Crippen LogP contribution in [-0.2, 0) is 25.5 Å². The molecule has 0 fully saturated rings. The van der Waals surface area contributed by atoms with Crippen molar-refractivity contribution < 1.29 is 28.6 Å². The molecular weight excluding hydrogens is 504 g/mol. The van der Waals surface area contributed by atoms with Gasteiger partial charge in [-0.15, -0.1) is 0 Å². The van der Waals surface area contributed by atoms with E-state index in [0.29, 0.717) is 41.1 Å². The zero-order valence-corrected chi connectivity index (χ0v) is 23.3. The van der Waals surface area contributed by atoms with Crippen molar-refractivity contribution >= 4 is 17.9 Å². The number of fused-ring (bicyclic) bond motifs is 1. The second-order valence-corrected chi connectivity index (χ2v) is 10.1. The summed E-state index contributed by atoms with van der Waals surface area (Å²) >= 11 is 0. The summed E-state index contributed by atoms with van der Waals surface area (Å²) in [7, 11) is 0. The molecule has 6 heteroatoms. The Hall–Kier alpha value is -4.71. The van der Waals surface area contributed by atoms with Gasteiger partial charge in [-0.25, -0.2) is 14.4 Å². The summed E-state index contributed by atoms with van der Waals surface area (Å²) < 4.78 is 16.7. The number of ether oxygens (including phenoxy) is 3. The standard InChI is InChI=1S/C34H32O6/c1-19(2)32(35)38-25-11-8-23(9-12-25)24-10-13-26(22(7)18-24)27-14-16-29(39-33(36)20(3)4)31-28(27)15-17-30(31)40-34(37)21(5)6/h8-14,16,18,30H,1,3,5,15,17H2,2,4,6-7H3. The minimum atomic E-state index is -0.552. The maximum atomic E-state index is 12.4. The van der Waals surface area contributed by atoms with Gasteiger partial charge in [0.2, 0.25) is 0 Å². The predicted octanol–water partition coefficient (Wildman–Crippen LogP) is 7.40. The van der Waals surface area contributed by atoms with Crippen LogP contribution in [0.5, 0.6) is 11.5 Å². The van der Waals surface area contributed by atoms with Crippen molar-refractivity contribution in [3.8, 4) is 33.8 Å². The first-order valence-electron chi connectivity index (χ1n) is 12.9.